The molecule has 1 heterocycles. The van der Waals surface area contributed by atoms with Gasteiger partial charge >= 0.3 is 0 Å². The summed E-state index contributed by atoms with van der Waals surface area (Å²) >= 11 is 0. The maximum atomic E-state index is 13.3. The van der Waals surface area contributed by atoms with Gasteiger partial charge in [0.15, 0.2) is 5.96 Å². The second-order valence-corrected chi connectivity index (χ2v) is 6.13. The Morgan fingerprint density at radius 3 is 2.76 bits per heavy atom. The van der Waals surface area contributed by atoms with Crippen LogP contribution >= 0.6 is 0 Å². The van der Waals surface area contributed by atoms with Gasteiger partial charge in [-0.25, -0.2) is 9.38 Å². The molecule has 7 heteroatoms. The fraction of sp³-hybridized carbons (Fsp3) is 0.444. The van der Waals surface area contributed by atoms with Crippen molar-refractivity contribution in [3.8, 4) is 0 Å². The smallest absolute Gasteiger partial charge is 0.191 e. The number of guanidine groups is 1. The van der Waals surface area contributed by atoms with Crippen LogP contribution in [0.25, 0.3) is 0 Å². The third-order valence-electron chi connectivity index (χ3n) is 3.85. The zero-order valence-electron chi connectivity index (χ0n) is 15.3. The average Bonchev–Trinajstić information content (AvgIpc) is 2.98. The van der Waals surface area contributed by atoms with E-state index in [-0.39, 0.29) is 11.9 Å². The van der Waals surface area contributed by atoms with Crippen molar-refractivity contribution in [3.63, 3.8) is 0 Å². The fourth-order valence-corrected chi connectivity index (χ4v) is 2.55. The number of benzene rings is 1. The Morgan fingerprint density at radius 1 is 1.36 bits per heavy atom. The van der Waals surface area contributed by atoms with Crippen molar-refractivity contribution in [1.82, 2.24) is 25.3 Å². The molecular formula is C18H27FN6. The molecule has 6 nitrogen and oxygen atoms in total. The number of nitrogens with one attached hydrogen (secondary N) is 2. The van der Waals surface area contributed by atoms with E-state index < -0.39 is 0 Å². The number of aryl methyl sites for hydroxylation is 1. The summed E-state index contributed by atoms with van der Waals surface area (Å²) in [6.45, 7) is 3.89. The Bertz CT molecular complexity index is 694. The topological polar surface area (TPSA) is 57.5 Å². The zero-order valence-corrected chi connectivity index (χ0v) is 15.3. The lowest BCUT2D eigenvalue weighted by molar-refractivity contribution is 0.298. The van der Waals surface area contributed by atoms with Gasteiger partial charge in [0, 0.05) is 31.9 Å². The van der Waals surface area contributed by atoms with Gasteiger partial charge < -0.3 is 15.5 Å². The van der Waals surface area contributed by atoms with Crippen LogP contribution in [0.2, 0.25) is 0 Å². The number of aliphatic imine (C=N–C) groups is 1. The van der Waals surface area contributed by atoms with Crippen LogP contribution in [0.15, 0.2) is 41.7 Å². The molecule has 1 unspecified atom stereocenters. The van der Waals surface area contributed by atoms with Crippen molar-refractivity contribution in [2.45, 2.75) is 19.5 Å². The summed E-state index contributed by atoms with van der Waals surface area (Å²) in [5, 5.41) is 10.8. The third-order valence-corrected chi connectivity index (χ3v) is 3.85. The molecule has 0 spiro atoms. The summed E-state index contributed by atoms with van der Waals surface area (Å²) in [5.74, 6) is 0.470. The summed E-state index contributed by atoms with van der Waals surface area (Å²) in [6.07, 6.45) is 3.90. The molecule has 2 rings (SSSR count). The molecule has 0 aliphatic heterocycles. The molecule has 0 saturated heterocycles. The van der Waals surface area contributed by atoms with Crippen LogP contribution in [-0.4, -0.2) is 47.8 Å². The van der Waals surface area contributed by atoms with Crippen LogP contribution in [0.4, 0.5) is 4.39 Å². The Balaban J connectivity index is 2.03. The molecule has 1 aromatic carbocycles. The standard InChI is InChI=1S/C18H27FN6/c1-5-20-18(21-10-14-7-6-8-16(19)9-14)22-12-17(24(2)3)15-11-23-25(4)13-15/h6-9,11,13,17H,5,10,12H2,1-4H3,(H2,20,21,22). The van der Waals surface area contributed by atoms with E-state index in [1.807, 2.05) is 46.5 Å². The van der Waals surface area contributed by atoms with Crippen molar-refractivity contribution in [1.29, 1.82) is 0 Å². The number of hydrogen-bond donors (Lipinski definition) is 2. The zero-order chi connectivity index (χ0) is 18.2. The molecule has 2 N–H and O–H groups in total. The maximum absolute atomic E-state index is 13.3. The first-order valence-electron chi connectivity index (χ1n) is 8.41. The number of nitrogens with zero attached hydrogens (tertiary/aromatic N) is 4. The van der Waals surface area contributed by atoms with Crippen LogP contribution in [0.5, 0.6) is 0 Å². The van der Waals surface area contributed by atoms with Gasteiger partial charge in [-0.3, -0.25) is 4.68 Å². The summed E-state index contributed by atoms with van der Waals surface area (Å²) in [4.78, 5) is 6.68. The Kier molecular flexibility index (Phi) is 6.94. The van der Waals surface area contributed by atoms with Gasteiger partial charge in [-0.15, -0.1) is 0 Å². The molecule has 0 bridgehead atoms. The molecule has 0 saturated carbocycles. The second kappa shape index (κ2) is 9.17. The van der Waals surface area contributed by atoms with E-state index >= 15 is 0 Å². The predicted octanol–water partition coefficient (Wildman–Crippen LogP) is 1.92. The Labute approximate surface area is 148 Å². The van der Waals surface area contributed by atoms with Gasteiger partial charge in [-0.05, 0) is 38.7 Å². The van der Waals surface area contributed by atoms with E-state index in [1.54, 1.807) is 10.7 Å². The van der Waals surface area contributed by atoms with Crippen molar-refractivity contribution < 1.29 is 4.39 Å². The summed E-state index contributed by atoms with van der Waals surface area (Å²) in [5.41, 5.74) is 1.98. The first-order chi connectivity index (χ1) is 12.0. The molecule has 0 radical (unpaired) electrons. The highest BCUT2D eigenvalue weighted by molar-refractivity contribution is 5.79. The molecule has 0 fully saturated rings. The molecule has 1 aromatic heterocycles. The van der Waals surface area contributed by atoms with Crippen molar-refractivity contribution >= 4 is 5.96 Å². The molecular weight excluding hydrogens is 319 g/mol. The van der Waals surface area contributed by atoms with E-state index in [9.17, 15) is 4.39 Å². The lowest BCUT2D eigenvalue weighted by Crippen LogP contribution is -2.41. The predicted molar refractivity (Wildman–Crippen MR) is 98.9 cm³/mol. The monoisotopic (exact) mass is 346 g/mol. The first-order valence-corrected chi connectivity index (χ1v) is 8.41. The van der Waals surface area contributed by atoms with E-state index in [0.717, 1.165) is 17.7 Å². The number of aromatic nitrogens is 2. The summed E-state index contributed by atoms with van der Waals surface area (Å²) < 4.78 is 15.1. The van der Waals surface area contributed by atoms with Crippen LogP contribution in [0.1, 0.15) is 24.1 Å². The van der Waals surface area contributed by atoms with Crippen LogP contribution in [0, 0.1) is 5.82 Å². The van der Waals surface area contributed by atoms with Gasteiger partial charge in [0.2, 0.25) is 0 Å². The third kappa shape index (κ3) is 5.86. The number of halogens is 1. The number of likely N-dealkylation sites (N-methyl/N-ethyl adjacent to an activating group) is 1. The minimum absolute atomic E-state index is 0.173. The van der Waals surface area contributed by atoms with Gasteiger partial charge in [-0.2, -0.15) is 5.10 Å². The van der Waals surface area contributed by atoms with Crippen molar-refractivity contribution in [2.24, 2.45) is 12.0 Å². The van der Waals surface area contributed by atoms with Crippen molar-refractivity contribution in [2.75, 3.05) is 27.2 Å². The molecule has 25 heavy (non-hydrogen) atoms. The fourth-order valence-electron chi connectivity index (χ4n) is 2.55. The summed E-state index contributed by atoms with van der Waals surface area (Å²) in [7, 11) is 5.99. The van der Waals surface area contributed by atoms with E-state index in [1.165, 1.54) is 12.1 Å². The highest BCUT2D eigenvalue weighted by atomic mass is 19.1. The summed E-state index contributed by atoms with van der Waals surface area (Å²) in [6, 6.07) is 6.68. The van der Waals surface area contributed by atoms with Crippen LogP contribution < -0.4 is 10.6 Å². The normalized spacial score (nSPS) is 13.1. The molecule has 0 amide bonds. The van der Waals surface area contributed by atoms with Crippen molar-refractivity contribution in [3.05, 3.63) is 53.6 Å². The quantitative estimate of drug-likeness (QED) is 0.594. The van der Waals surface area contributed by atoms with Gasteiger partial charge in [0.1, 0.15) is 5.82 Å². The molecule has 2 aromatic rings. The lowest BCUT2D eigenvalue weighted by atomic mass is 10.1. The maximum Gasteiger partial charge on any atom is 0.191 e. The molecule has 136 valence electrons. The lowest BCUT2D eigenvalue weighted by Gasteiger charge is -2.24. The Hall–Kier alpha value is -2.41. The minimum atomic E-state index is -0.241. The van der Waals surface area contributed by atoms with Gasteiger partial charge in [0.25, 0.3) is 0 Å². The molecule has 1 atom stereocenters. The number of hydrogen-bond acceptors (Lipinski definition) is 3. The highest BCUT2D eigenvalue weighted by Gasteiger charge is 2.16. The van der Waals surface area contributed by atoms with Gasteiger partial charge in [-0.1, -0.05) is 12.1 Å². The first kappa shape index (κ1) is 18.9. The average molecular weight is 346 g/mol. The minimum Gasteiger partial charge on any atom is -0.357 e. The van der Waals surface area contributed by atoms with Gasteiger partial charge in [0.05, 0.1) is 18.8 Å². The number of rotatable bonds is 7. The largest absolute Gasteiger partial charge is 0.357 e. The van der Waals surface area contributed by atoms with Crippen LogP contribution in [-0.2, 0) is 13.6 Å². The molecule has 0 aliphatic carbocycles. The van der Waals surface area contributed by atoms with E-state index in [4.69, 9.17) is 0 Å². The molecule has 0 aliphatic rings. The highest BCUT2D eigenvalue weighted by Crippen LogP contribution is 2.16. The van der Waals surface area contributed by atoms with E-state index in [2.05, 4.69) is 25.6 Å². The SMILES string of the molecule is CCNC(=NCc1cccc(F)c1)NCC(c1cnn(C)c1)N(C)C. The Morgan fingerprint density at radius 2 is 2.16 bits per heavy atom. The van der Waals surface area contributed by atoms with E-state index in [0.29, 0.717) is 19.0 Å². The second-order valence-electron chi connectivity index (χ2n) is 6.13. The van der Waals surface area contributed by atoms with Crippen LogP contribution in [0.3, 0.4) is 0 Å².